The SMILES string of the molecule is COC(O)C1CCC(O)CC1. The molecule has 3 heteroatoms. The lowest BCUT2D eigenvalue weighted by Gasteiger charge is -2.27. The Kier molecular flexibility index (Phi) is 3.30. The Morgan fingerprint density at radius 3 is 2.27 bits per heavy atom. The van der Waals surface area contributed by atoms with E-state index in [1.54, 1.807) is 0 Å². The molecule has 0 aromatic rings. The maximum atomic E-state index is 9.27. The molecule has 1 saturated carbocycles. The molecule has 11 heavy (non-hydrogen) atoms. The monoisotopic (exact) mass is 160 g/mol. The van der Waals surface area contributed by atoms with E-state index < -0.39 is 6.29 Å². The van der Waals surface area contributed by atoms with Crippen LogP contribution < -0.4 is 0 Å². The second-order valence-electron chi connectivity index (χ2n) is 3.19. The van der Waals surface area contributed by atoms with Crippen LogP contribution in [0, 0.1) is 5.92 Å². The molecular weight excluding hydrogens is 144 g/mol. The highest BCUT2D eigenvalue weighted by atomic mass is 16.6. The van der Waals surface area contributed by atoms with Crippen molar-refractivity contribution in [3.05, 3.63) is 0 Å². The van der Waals surface area contributed by atoms with Gasteiger partial charge in [-0.1, -0.05) is 0 Å². The summed E-state index contributed by atoms with van der Waals surface area (Å²) in [6.45, 7) is 0. The van der Waals surface area contributed by atoms with Crippen LogP contribution in [0.15, 0.2) is 0 Å². The standard InChI is InChI=1S/C8H16O3/c1-11-8(10)6-2-4-7(9)5-3-6/h6-10H,2-5H2,1H3. The Morgan fingerprint density at radius 2 is 1.82 bits per heavy atom. The van der Waals surface area contributed by atoms with Crippen LogP contribution in [0.2, 0.25) is 0 Å². The number of aliphatic hydroxyl groups is 2. The number of hydrogen-bond donors (Lipinski definition) is 2. The van der Waals surface area contributed by atoms with Gasteiger partial charge >= 0.3 is 0 Å². The number of aliphatic hydroxyl groups excluding tert-OH is 2. The lowest BCUT2D eigenvalue weighted by atomic mass is 9.87. The highest BCUT2D eigenvalue weighted by Crippen LogP contribution is 2.26. The Hall–Kier alpha value is -0.120. The fourth-order valence-electron chi connectivity index (χ4n) is 1.58. The summed E-state index contributed by atoms with van der Waals surface area (Å²) in [4.78, 5) is 0. The molecule has 2 N–H and O–H groups in total. The summed E-state index contributed by atoms with van der Waals surface area (Å²) in [6, 6.07) is 0. The molecule has 0 amide bonds. The van der Waals surface area contributed by atoms with Crippen LogP contribution in [0.3, 0.4) is 0 Å². The Labute approximate surface area is 67.0 Å². The van der Waals surface area contributed by atoms with E-state index in [4.69, 9.17) is 9.84 Å². The molecule has 1 atom stereocenters. The fraction of sp³-hybridized carbons (Fsp3) is 1.00. The zero-order valence-electron chi connectivity index (χ0n) is 6.86. The van der Waals surface area contributed by atoms with E-state index in [2.05, 4.69) is 0 Å². The summed E-state index contributed by atoms with van der Waals surface area (Å²) in [6.07, 6.45) is 2.54. The average molecular weight is 160 g/mol. The maximum Gasteiger partial charge on any atom is 0.156 e. The molecule has 1 unspecified atom stereocenters. The molecule has 0 radical (unpaired) electrons. The summed E-state index contributed by atoms with van der Waals surface area (Å²) in [5.41, 5.74) is 0. The van der Waals surface area contributed by atoms with Crippen molar-refractivity contribution in [3.63, 3.8) is 0 Å². The van der Waals surface area contributed by atoms with Crippen LogP contribution in [0.1, 0.15) is 25.7 Å². The molecule has 0 aromatic heterocycles. The second-order valence-corrected chi connectivity index (χ2v) is 3.19. The van der Waals surface area contributed by atoms with Gasteiger partial charge in [-0.3, -0.25) is 0 Å². The molecule has 0 saturated heterocycles. The topological polar surface area (TPSA) is 49.7 Å². The Morgan fingerprint density at radius 1 is 1.27 bits per heavy atom. The molecule has 0 spiro atoms. The van der Waals surface area contributed by atoms with E-state index in [9.17, 15) is 5.11 Å². The maximum absolute atomic E-state index is 9.27. The van der Waals surface area contributed by atoms with Crippen molar-refractivity contribution in [2.24, 2.45) is 5.92 Å². The fourth-order valence-corrected chi connectivity index (χ4v) is 1.58. The van der Waals surface area contributed by atoms with Crippen LogP contribution in [-0.4, -0.2) is 29.7 Å². The van der Waals surface area contributed by atoms with Gasteiger partial charge in [-0.15, -0.1) is 0 Å². The predicted octanol–water partition coefficient (Wildman–Crippen LogP) is 0.502. The van der Waals surface area contributed by atoms with Crippen molar-refractivity contribution in [2.75, 3.05) is 7.11 Å². The minimum atomic E-state index is -0.637. The lowest BCUT2D eigenvalue weighted by molar-refractivity contribution is -0.125. The van der Waals surface area contributed by atoms with Crippen LogP contribution in [0.25, 0.3) is 0 Å². The van der Waals surface area contributed by atoms with Crippen LogP contribution in [0.5, 0.6) is 0 Å². The normalized spacial score (nSPS) is 35.2. The van der Waals surface area contributed by atoms with Gasteiger partial charge in [-0.05, 0) is 25.7 Å². The lowest BCUT2D eigenvalue weighted by Crippen LogP contribution is -2.28. The van der Waals surface area contributed by atoms with Gasteiger partial charge in [-0.25, -0.2) is 0 Å². The van der Waals surface area contributed by atoms with Crippen molar-refractivity contribution >= 4 is 0 Å². The first-order chi connectivity index (χ1) is 5.24. The third kappa shape index (κ3) is 2.43. The summed E-state index contributed by atoms with van der Waals surface area (Å²) in [7, 11) is 1.51. The number of methoxy groups -OCH3 is 1. The van der Waals surface area contributed by atoms with Crippen molar-refractivity contribution in [3.8, 4) is 0 Å². The molecule has 1 aliphatic rings. The summed E-state index contributed by atoms with van der Waals surface area (Å²) < 4.78 is 4.80. The first-order valence-corrected chi connectivity index (χ1v) is 4.13. The molecule has 3 nitrogen and oxygen atoms in total. The summed E-state index contributed by atoms with van der Waals surface area (Å²) in [5.74, 6) is 0.225. The quantitative estimate of drug-likeness (QED) is 0.578. The Bertz CT molecular complexity index is 108. The molecular formula is C8H16O3. The van der Waals surface area contributed by atoms with Crippen molar-refractivity contribution in [1.82, 2.24) is 0 Å². The predicted molar refractivity (Wildman–Crippen MR) is 41.0 cm³/mol. The molecule has 0 aromatic carbocycles. The van der Waals surface area contributed by atoms with Crippen LogP contribution in [0.4, 0.5) is 0 Å². The van der Waals surface area contributed by atoms with E-state index in [0.29, 0.717) is 0 Å². The number of rotatable bonds is 2. The molecule has 0 bridgehead atoms. The Balaban J connectivity index is 2.27. The smallest absolute Gasteiger partial charge is 0.156 e. The van der Waals surface area contributed by atoms with Gasteiger partial charge in [-0.2, -0.15) is 0 Å². The van der Waals surface area contributed by atoms with Gasteiger partial charge in [0.05, 0.1) is 6.10 Å². The van der Waals surface area contributed by atoms with E-state index in [1.165, 1.54) is 7.11 Å². The highest BCUT2D eigenvalue weighted by molar-refractivity contribution is 4.72. The minimum Gasteiger partial charge on any atom is -0.393 e. The van der Waals surface area contributed by atoms with Crippen molar-refractivity contribution < 1.29 is 14.9 Å². The van der Waals surface area contributed by atoms with Gasteiger partial charge < -0.3 is 14.9 Å². The molecule has 66 valence electrons. The van der Waals surface area contributed by atoms with Crippen LogP contribution in [-0.2, 0) is 4.74 Å². The summed E-state index contributed by atoms with van der Waals surface area (Å²) in [5, 5.41) is 18.4. The first kappa shape index (κ1) is 8.97. The highest BCUT2D eigenvalue weighted by Gasteiger charge is 2.24. The molecule has 1 aliphatic carbocycles. The van der Waals surface area contributed by atoms with E-state index in [0.717, 1.165) is 25.7 Å². The molecule has 1 rings (SSSR count). The molecule has 0 heterocycles. The molecule has 1 fully saturated rings. The zero-order chi connectivity index (χ0) is 8.27. The molecule has 0 aliphatic heterocycles. The summed E-state index contributed by atoms with van der Waals surface area (Å²) >= 11 is 0. The van der Waals surface area contributed by atoms with Gasteiger partial charge in [0, 0.05) is 13.0 Å². The van der Waals surface area contributed by atoms with E-state index in [-0.39, 0.29) is 12.0 Å². The average Bonchev–Trinajstić information content (AvgIpc) is 2.05. The van der Waals surface area contributed by atoms with E-state index >= 15 is 0 Å². The van der Waals surface area contributed by atoms with Crippen LogP contribution >= 0.6 is 0 Å². The van der Waals surface area contributed by atoms with Gasteiger partial charge in [0.2, 0.25) is 0 Å². The van der Waals surface area contributed by atoms with Gasteiger partial charge in [0.25, 0.3) is 0 Å². The first-order valence-electron chi connectivity index (χ1n) is 4.13. The largest absolute Gasteiger partial charge is 0.393 e. The number of ether oxygens (including phenoxy) is 1. The second kappa shape index (κ2) is 4.04. The zero-order valence-corrected chi connectivity index (χ0v) is 6.86. The van der Waals surface area contributed by atoms with Gasteiger partial charge in [0.15, 0.2) is 6.29 Å². The van der Waals surface area contributed by atoms with Gasteiger partial charge in [0.1, 0.15) is 0 Å². The van der Waals surface area contributed by atoms with Crippen molar-refractivity contribution in [1.29, 1.82) is 0 Å². The minimum absolute atomic E-state index is 0.157. The third-order valence-corrected chi connectivity index (χ3v) is 2.39. The van der Waals surface area contributed by atoms with E-state index in [1.807, 2.05) is 0 Å². The number of hydrogen-bond acceptors (Lipinski definition) is 3. The van der Waals surface area contributed by atoms with Crippen molar-refractivity contribution in [2.45, 2.75) is 38.1 Å². The third-order valence-electron chi connectivity index (χ3n) is 2.39.